The second-order valence-electron chi connectivity index (χ2n) is 9.47. The van der Waals surface area contributed by atoms with Crippen molar-refractivity contribution >= 4 is 11.7 Å². The molecule has 4 aromatic rings. The minimum atomic E-state index is -0.604. The summed E-state index contributed by atoms with van der Waals surface area (Å²) in [7, 11) is 0. The fourth-order valence-electron chi connectivity index (χ4n) is 5.11. The van der Waals surface area contributed by atoms with Gasteiger partial charge in [0.25, 0.3) is 0 Å². The Morgan fingerprint density at radius 2 is 1.42 bits per heavy atom. The molecule has 0 bridgehead atoms. The molecule has 4 aromatic carbocycles. The van der Waals surface area contributed by atoms with Crippen molar-refractivity contribution in [3.63, 3.8) is 0 Å². The molecule has 0 aromatic heterocycles. The Balaban J connectivity index is 1.27. The third-order valence-corrected chi connectivity index (χ3v) is 7.01. The van der Waals surface area contributed by atoms with Gasteiger partial charge < -0.3 is 9.47 Å². The van der Waals surface area contributed by atoms with Crippen molar-refractivity contribution in [3.8, 4) is 5.75 Å². The Hall–Kier alpha value is -4.23. The Morgan fingerprint density at radius 3 is 2.11 bits per heavy atom. The number of carbonyl (C=O) groups is 1. The van der Waals surface area contributed by atoms with Crippen LogP contribution in [-0.2, 0) is 21.0 Å². The number of nitrogens with zero attached hydrogens (tertiary/aromatic N) is 1. The molecular formula is C31H25F2NO4. The van der Waals surface area contributed by atoms with E-state index in [-0.39, 0.29) is 11.6 Å². The highest BCUT2D eigenvalue weighted by molar-refractivity contribution is 5.77. The summed E-state index contributed by atoms with van der Waals surface area (Å²) < 4.78 is 38.9. The number of ether oxygens (including phenoxy) is 2. The van der Waals surface area contributed by atoms with E-state index >= 15 is 0 Å². The predicted molar refractivity (Wildman–Crippen MR) is 137 cm³/mol. The molecule has 192 valence electrons. The predicted octanol–water partition coefficient (Wildman–Crippen LogP) is 6.71. The third kappa shape index (κ3) is 4.85. The Labute approximate surface area is 219 Å². The van der Waals surface area contributed by atoms with E-state index in [1.165, 1.54) is 24.3 Å². The zero-order chi connectivity index (χ0) is 26.1. The fourth-order valence-corrected chi connectivity index (χ4v) is 5.11. The normalized spacial score (nSPS) is 22.6. The maximum atomic E-state index is 13.7. The summed E-state index contributed by atoms with van der Waals surface area (Å²) >= 11 is 0. The average molecular weight is 514 g/mol. The summed E-state index contributed by atoms with van der Waals surface area (Å²) in [5.41, 5.74) is 3.23. The number of esters is 1. The van der Waals surface area contributed by atoms with E-state index in [1.54, 1.807) is 29.3 Å². The topological polar surface area (TPSA) is 48.0 Å². The smallest absolute Gasteiger partial charge is 0.314 e. The van der Waals surface area contributed by atoms with Crippen LogP contribution in [0.1, 0.15) is 35.3 Å². The molecule has 2 heterocycles. The number of halogens is 2. The molecule has 4 atom stereocenters. The number of hydroxylamine groups is 1. The minimum Gasteiger partial charge on any atom is -0.489 e. The van der Waals surface area contributed by atoms with Gasteiger partial charge in [-0.05, 0) is 65.2 Å². The van der Waals surface area contributed by atoms with Crippen LogP contribution in [0.5, 0.6) is 5.75 Å². The highest BCUT2D eigenvalue weighted by atomic mass is 19.1. The van der Waals surface area contributed by atoms with Crippen molar-refractivity contribution in [1.82, 2.24) is 0 Å². The van der Waals surface area contributed by atoms with Crippen molar-refractivity contribution in [2.45, 2.75) is 31.3 Å². The van der Waals surface area contributed by atoms with E-state index in [2.05, 4.69) is 0 Å². The van der Waals surface area contributed by atoms with E-state index < -0.39 is 30.1 Å². The SMILES string of the molecule is O=C1O[C@H](c2ccc(F)cc2)C[C@@H]2ON(c3ccc(F)cc3)[C@H](c3ccc(OCc4ccccc4)cc3)[C@H]12. The zero-order valence-corrected chi connectivity index (χ0v) is 20.4. The van der Waals surface area contributed by atoms with E-state index in [9.17, 15) is 13.6 Å². The van der Waals surface area contributed by atoms with Gasteiger partial charge in [0, 0.05) is 6.42 Å². The molecule has 0 unspecified atom stereocenters. The lowest BCUT2D eigenvalue weighted by Gasteiger charge is -2.31. The van der Waals surface area contributed by atoms with Crippen LogP contribution < -0.4 is 9.80 Å². The number of carbonyl (C=O) groups excluding carboxylic acids is 1. The fraction of sp³-hybridized carbons (Fsp3) is 0.194. The zero-order valence-electron chi connectivity index (χ0n) is 20.4. The molecular weight excluding hydrogens is 488 g/mol. The molecule has 2 aliphatic rings. The van der Waals surface area contributed by atoms with Crippen LogP contribution in [0.3, 0.4) is 0 Å². The number of rotatable bonds is 6. The standard InChI is InChI=1S/C31H25F2NO4/c32-23-10-6-21(7-11-23)27-18-28-29(31(35)37-27)30(34(38-28)25-14-12-24(33)13-15-25)22-8-16-26(17-9-22)36-19-20-4-2-1-3-5-20/h1-17,27-30H,18-19H2/t27-,28-,29+,30+/m0/s1. The summed E-state index contributed by atoms with van der Waals surface area (Å²) in [6.45, 7) is 0.441. The molecule has 0 spiro atoms. The van der Waals surface area contributed by atoms with E-state index in [4.69, 9.17) is 14.3 Å². The van der Waals surface area contributed by atoms with Crippen molar-refractivity contribution in [3.05, 3.63) is 131 Å². The summed E-state index contributed by atoms with van der Waals surface area (Å²) in [4.78, 5) is 19.7. The number of benzene rings is 4. The lowest BCUT2D eigenvalue weighted by atomic mass is 9.84. The quantitative estimate of drug-likeness (QED) is 0.268. The van der Waals surface area contributed by atoms with Gasteiger partial charge >= 0.3 is 5.97 Å². The van der Waals surface area contributed by atoms with E-state index in [0.717, 1.165) is 11.1 Å². The first-order chi connectivity index (χ1) is 18.5. The summed E-state index contributed by atoms with van der Waals surface area (Å²) in [6.07, 6.45) is -0.614. The van der Waals surface area contributed by atoms with Crippen LogP contribution in [0, 0.1) is 17.6 Å². The molecule has 0 saturated carbocycles. The van der Waals surface area contributed by atoms with Crippen molar-refractivity contribution in [1.29, 1.82) is 0 Å². The molecule has 2 saturated heterocycles. The van der Waals surface area contributed by atoms with Crippen molar-refractivity contribution < 1.29 is 27.9 Å². The van der Waals surface area contributed by atoms with Crippen LogP contribution in [0.25, 0.3) is 0 Å². The van der Waals surface area contributed by atoms with Crippen LogP contribution >= 0.6 is 0 Å². The van der Waals surface area contributed by atoms with Crippen LogP contribution in [-0.4, -0.2) is 12.1 Å². The first-order valence-corrected chi connectivity index (χ1v) is 12.5. The lowest BCUT2D eigenvalue weighted by Crippen LogP contribution is -2.37. The van der Waals surface area contributed by atoms with Crippen LogP contribution in [0.2, 0.25) is 0 Å². The van der Waals surface area contributed by atoms with Gasteiger partial charge in [-0.15, -0.1) is 0 Å². The van der Waals surface area contributed by atoms with Gasteiger partial charge in [0.2, 0.25) is 0 Å². The third-order valence-electron chi connectivity index (χ3n) is 7.01. The van der Waals surface area contributed by atoms with Crippen molar-refractivity contribution in [2.24, 2.45) is 5.92 Å². The lowest BCUT2D eigenvalue weighted by molar-refractivity contribution is -0.167. The second kappa shape index (κ2) is 10.3. The second-order valence-corrected chi connectivity index (χ2v) is 9.47. The Kier molecular flexibility index (Phi) is 6.52. The van der Waals surface area contributed by atoms with E-state index in [0.29, 0.717) is 30.0 Å². The highest BCUT2D eigenvalue weighted by Gasteiger charge is 2.53. The molecule has 7 heteroatoms. The van der Waals surface area contributed by atoms with Gasteiger partial charge in [-0.2, -0.15) is 0 Å². The Morgan fingerprint density at radius 1 is 0.789 bits per heavy atom. The largest absolute Gasteiger partial charge is 0.489 e. The van der Waals surface area contributed by atoms with E-state index in [1.807, 2.05) is 54.6 Å². The maximum Gasteiger partial charge on any atom is 0.314 e. The van der Waals surface area contributed by atoms with Crippen LogP contribution in [0.4, 0.5) is 14.5 Å². The molecule has 0 N–H and O–H groups in total. The molecule has 0 aliphatic carbocycles. The molecule has 2 aliphatic heterocycles. The van der Waals surface area contributed by atoms with Gasteiger partial charge in [0.1, 0.15) is 42.1 Å². The number of cyclic esters (lactones) is 1. The number of fused-ring (bicyclic) bond motifs is 1. The van der Waals surface area contributed by atoms with Gasteiger partial charge in [0.15, 0.2) is 0 Å². The summed E-state index contributed by atoms with van der Waals surface area (Å²) in [5.74, 6) is -1.02. The summed E-state index contributed by atoms with van der Waals surface area (Å²) in [6, 6.07) is 28.8. The molecule has 6 rings (SSSR count). The van der Waals surface area contributed by atoms with Gasteiger partial charge in [-0.3, -0.25) is 9.63 Å². The Bertz CT molecular complexity index is 1400. The molecule has 2 fully saturated rings. The maximum absolute atomic E-state index is 13.7. The average Bonchev–Trinajstić information content (AvgIpc) is 3.34. The molecule has 0 radical (unpaired) electrons. The molecule has 38 heavy (non-hydrogen) atoms. The van der Waals surface area contributed by atoms with Gasteiger partial charge in [-0.25, -0.2) is 13.8 Å². The highest BCUT2D eigenvalue weighted by Crippen LogP contribution is 2.49. The molecule has 5 nitrogen and oxygen atoms in total. The summed E-state index contributed by atoms with van der Waals surface area (Å²) in [5, 5.41) is 1.67. The van der Waals surface area contributed by atoms with Gasteiger partial charge in [-0.1, -0.05) is 54.6 Å². The first kappa shape index (κ1) is 24.1. The number of hydrogen-bond donors (Lipinski definition) is 0. The first-order valence-electron chi connectivity index (χ1n) is 12.5. The number of anilines is 1. The number of hydrogen-bond acceptors (Lipinski definition) is 5. The molecule has 0 amide bonds. The minimum absolute atomic E-state index is 0.357. The monoisotopic (exact) mass is 513 g/mol. The van der Waals surface area contributed by atoms with Gasteiger partial charge in [0.05, 0.1) is 11.7 Å². The van der Waals surface area contributed by atoms with Crippen LogP contribution in [0.15, 0.2) is 103 Å². The van der Waals surface area contributed by atoms with Crippen molar-refractivity contribution in [2.75, 3.05) is 5.06 Å².